The van der Waals surface area contributed by atoms with Gasteiger partial charge in [-0.15, -0.1) is 0 Å². The predicted octanol–water partition coefficient (Wildman–Crippen LogP) is -0.595. The van der Waals surface area contributed by atoms with E-state index in [9.17, 15) is 4.79 Å². The molecule has 0 aromatic carbocycles. The summed E-state index contributed by atoms with van der Waals surface area (Å²) in [7, 11) is 0. The second-order valence-electron chi connectivity index (χ2n) is 2.07. The number of nitrogens with one attached hydrogen (secondary N) is 1. The molecule has 9 heavy (non-hydrogen) atoms. The van der Waals surface area contributed by atoms with Gasteiger partial charge in [0.25, 0.3) is 0 Å². The van der Waals surface area contributed by atoms with Crippen LogP contribution in [0.2, 0.25) is 0 Å². The summed E-state index contributed by atoms with van der Waals surface area (Å²) in [5, 5.41) is 11.0. The van der Waals surface area contributed by atoms with Crippen LogP contribution >= 0.6 is 0 Å². The van der Waals surface area contributed by atoms with E-state index in [4.69, 9.17) is 9.84 Å². The van der Waals surface area contributed by atoms with Crippen molar-refractivity contribution in [3.63, 3.8) is 0 Å². The van der Waals surface area contributed by atoms with E-state index < -0.39 is 12.2 Å². The van der Waals surface area contributed by atoms with Crippen LogP contribution in [0.1, 0.15) is 6.92 Å². The maximum atomic E-state index is 10.2. The lowest BCUT2D eigenvalue weighted by Crippen LogP contribution is -2.31. The van der Waals surface area contributed by atoms with Gasteiger partial charge in [0, 0.05) is 6.54 Å². The monoisotopic (exact) mass is 131 g/mol. The Balaban J connectivity index is 2.39. The Morgan fingerprint density at radius 3 is 2.78 bits per heavy atom. The number of carbonyl (C=O) groups is 1. The molecule has 0 amide bonds. The highest BCUT2D eigenvalue weighted by Crippen LogP contribution is 2.02. The summed E-state index contributed by atoms with van der Waals surface area (Å²) < 4.78 is 4.91. The van der Waals surface area contributed by atoms with Gasteiger partial charge in [0.15, 0.2) is 0 Å². The van der Waals surface area contributed by atoms with Crippen LogP contribution in [0.4, 0.5) is 0 Å². The third kappa shape index (κ3) is 1.40. The molecule has 1 saturated heterocycles. The van der Waals surface area contributed by atoms with E-state index in [-0.39, 0.29) is 6.10 Å². The maximum Gasteiger partial charge on any atom is 0.348 e. The topological polar surface area (TPSA) is 58.6 Å². The third-order valence-corrected chi connectivity index (χ3v) is 1.18. The van der Waals surface area contributed by atoms with Gasteiger partial charge in [0.1, 0.15) is 0 Å². The first-order valence-electron chi connectivity index (χ1n) is 2.82. The van der Waals surface area contributed by atoms with Crippen molar-refractivity contribution in [3.05, 3.63) is 0 Å². The highest BCUT2D eigenvalue weighted by atomic mass is 16.5. The summed E-state index contributed by atoms with van der Waals surface area (Å²) in [6.45, 7) is 2.45. The van der Waals surface area contributed by atoms with E-state index in [0.717, 1.165) is 0 Å². The Morgan fingerprint density at radius 2 is 2.56 bits per heavy atom. The summed E-state index contributed by atoms with van der Waals surface area (Å²) >= 11 is 0. The van der Waals surface area contributed by atoms with Crippen molar-refractivity contribution in [1.82, 2.24) is 5.32 Å². The SMILES string of the molecule is C[C@H]1CN[C@@H](C(=O)O)O1. The summed E-state index contributed by atoms with van der Waals surface area (Å²) in [6, 6.07) is 0. The number of hydrogen-bond acceptors (Lipinski definition) is 3. The van der Waals surface area contributed by atoms with Gasteiger partial charge in [-0.2, -0.15) is 0 Å². The molecule has 1 fully saturated rings. The molecule has 2 atom stereocenters. The van der Waals surface area contributed by atoms with Crippen molar-refractivity contribution < 1.29 is 14.6 Å². The number of ether oxygens (including phenoxy) is 1. The first-order chi connectivity index (χ1) is 4.20. The number of aliphatic carboxylic acids is 1. The molecule has 0 aromatic heterocycles. The molecule has 0 aliphatic carbocycles. The van der Waals surface area contributed by atoms with Crippen molar-refractivity contribution in [2.24, 2.45) is 0 Å². The molecular weight excluding hydrogens is 122 g/mol. The van der Waals surface area contributed by atoms with Crippen LogP contribution in [-0.2, 0) is 9.53 Å². The van der Waals surface area contributed by atoms with Gasteiger partial charge in [-0.25, -0.2) is 4.79 Å². The van der Waals surface area contributed by atoms with Gasteiger partial charge >= 0.3 is 5.97 Å². The van der Waals surface area contributed by atoms with Crippen LogP contribution in [0.25, 0.3) is 0 Å². The zero-order valence-electron chi connectivity index (χ0n) is 5.13. The number of carboxylic acid groups (broad SMARTS) is 1. The molecule has 0 spiro atoms. The smallest absolute Gasteiger partial charge is 0.348 e. The largest absolute Gasteiger partial charge is 0.478 e. The van der Waals surface area contributed by atoms with Crippen LogP contribution < -0.4 is 5.32 Å². The fraction of sp³-hybridized carbons (Fsp3) is 0.800. The highest BCUT2D eigenvalue weighted by Gasteiger charge is 2.26. The molecule has 1 rings (SSSR count). The zero-order valence-corrected chi connectivity index (χ0v) is 5.13. The molecular formula is C5H9NO3. The Kier molecular flexibility index (Phi) is 1.68. The summed E-state index contributed by atoms with van der Waals surface area (Å²) in [6.07, 6.45) is -0.772. The molecule has 0 unspecified atom stereocenters. The first kappa shape index (κ1) is 6.51. The van der Waals surface area contributed by atoms with Gasteiger partial charge in [0.05, 0.1) is 6.10 Å². The Labute approximate surface area is 52.8 Å². The Hall–Kier alpha value is -0.610. The summed E-state index contributed by atoms with van der Waals surface area (Å²) in [5.74, 6) is -0.945. The fourth-order valence-electron chi connectivity index (χ4n) is 0.747. The molecule has 52 valence electrons. The number of rotatable bonds is 1. The number of carboxylic acids is 1. The standard InChI is InChI=1S/C5H9NO3/c1-3-2-6-4(9-3)5(7)8/h3-4,6H,2H2,1H3,(H,7,8)/t3-,4+/m0/s1. The predicted molar refractivity (Wildman–Crippen MR) is 30.0 cm³/mol. The lowest BCUT2D eigenvalue weighted by molar-refractivity contribution is -0.150. The Bertz CT molecular complexity index is 125. The van der Waals surface area contributed by atoms with Gasteiger partial charge < -0.3 is 9.84 Å². The van der Waals surface area contributed by atoms with Crippen LogP contribution in [-0.4, -0.2) is 30.0 Å². The fourth-order valence-corrected chi connectivity index (χ4v) is 0.747. The number of hydrogen-bond donors (Lipinski definition) is 2. The molecule has 1 aliphatic rings. The van der Waals surface area contributed by atoms with Gasteiger partial charge in [-0.3, -0.25) is 5.32 Å². The minimum Gasteiger partial charge on any atom is -0.478 e. The van der Waals surface area contributed by atoms with Crippen LogP contribution in [0.5, 0.6) is 0 Å². The van der Waals surface area contributed by atoms with Gasteiger partial charge in [-0.05, 0) is 6.92 Å². The molecule has 4 nitrogen and oxygen atoms in total. The summed E-state index contributed by atoms with van der Waals surface area (Å²) in [5.41, 5.74) is 0. The molecule has 1 heterocycles. The molecule has 0 saturated carbocycles. The van der Waals surface area contributed by atoms with Gasteiger partial charge in [-0.1, -0.05) is 0 Å². The van der Waals surface area contributed by atoms with Crippen molar-refractivity contribution >= 4 is 5.97 Å². The van der Waals surface area contributed by atoms with E-state index in [1.807, 2.05) is 6.92 Å². The molecule has 1 aliphatic heterocycles. The van der Waals surface area contributed by atoms with Crippen molar-refractivity contribution in [3.8, 4) is 0 Å². The van der Waals surface area contributed by atoms with Crippen molar-refractivity contribution in [1.29, 1.82) is 0 Å². The average Bonchev–Trinajstić information content (AvgIpc) is 2.14. The Morgan fingerprint density at radius 1 is 1.89 bits per heavy atom. The molecule has 0 bridgehead atoms. The van der Waals surface area contributed by atoms with Crippen LogP contribution in [0.15, 0.2) is 0 Å². The van der Waals surface area contributed by atoms with Crippen LogP contribution in [0.3, 0.4) is 0 Å². The minimum atomic E-state index is -0.945. The zero-order chi connectivity index (χ0) is 6.85. The lowest BCUT2D eigenvalue weighted by Gasteiger charge is -2.02. The van der Waals surface area contributed by atoms with E-state index in [1.54, 1.807) is 0 Å². The molecule has 0 radical (unpaired) electrons. The lowest BCUT2D eigenvalue weighted by atomic mass is 10.4. The van der Waals surface area contributed by atoms with Crippen molar-refractivity contribution in [2.45, 2.75) is 19.3 Å². The summed E-state index contributed by atoms with van der Waals surface area (Å²) in [4.78, 5) is 10.2. The van der Waals surface area contributed by atoms with E-state index in [1.165, 1.54) is 0 Å². The van der Waals surface area contributed by atoms with E-state index >= 15 is 0 Å². The third-order valence-electron chi connectivity index (χ3n) is 1.18. The normalized spacial score (nSPS) is 34.8. The molecule has 4 heteroatoms. The van der Waals surface area contributed by atoms with Gasteiger partial charge in [0.2, 0.25) is 6.23 Å². The van der Waals surface area contributed by atoms with E-state index in [0.29, 0.717) is 6.54 Å². The average molecular weight is 131 g/mol. The van der Waals surface area contributed by atoms with Crippen molar-refractivity contribution in [2.75, 3.05) is 6.54 Å². The van der Waals surface area contributed by atoms with Crippen LogP contribution in [0, 0.1) is 0 Å². The molecule has 0 aromatic rings. The second-order valence-corrected chi connectivity index (χ2v) is 2.07. The first-order valence-corrected chi connectivity index (χ1v) is 2.82. The minimum absolute atomic E-state index is 0.0195. The maximum absolute atomic E-state index is 10.2. The molecule has 2 N–H and O–H groups in total. The van der Waals surface area contributed by atoms with E-state index in [2.05, 4.69) is 5.32 Å². The second kappa shape index (κ2) is 2.33. The quantitative estimate of drug-likeness (QED) is 0.499. The highest BCUT2D eigenvalue weighted by molar-refractivity contribution is 5.72.